The van der Waals surface area contributed by atoms with Crippen molar-refractivity contribution in [3.8, 4) is 0 Å². The van der Waals surface area contributed by atoms with Crippen LogP contribution in [0.3, 0.4) is 0 Å². The van der Waals surface area contributed by atoms with Gasteiger partial charge in [-0.25, -0.2) is 4.21 Å². The maximum absolute atomic E-state index is 11.3. The average molecular weight is 175 g/mol. The van der Waals surface area contributed by atoms with Crippen LogP contribution in [0.15, 0.2) is 4.40 Å². The second-order valence-electron chi connectivity index (χ2n) is 3.86. The maximum atomic E-state index is 11.3. The predicted octanol–water partition coefficient (Wildman–Crippen LogP) is 2.18. The maximum Gasteiger partial charge on any atom is 0.144 e. The molecule has 0 radical (unpaired) electrons. The molecule has 0 aromatic carbocycles. The van der Waals surface area contributed by atoms with E-state index < -0.39 is 11.0 Å². The molecule has 0 saturated carbocycles. The van der Waals surface area contributed by atoms with Crippen molar-refractivity contribution in [2.24, 2.45) is 10.3 Å². The minimum atomic E-state index is -1.09. The van der Waals surface area contributed by atoms with E-state index in [4.69, 9.17) is 0 Å². The molecule has 0 saturated heterocycles. The Morgan fingerprint density at radius 1 is 1.36 bits per heavy atom. The lowest BCUT2D eigenvalue weighted by Gasteiger charge is -2.12. The third-order valence-electron chi connectivity index (χ3n) is 0.979. The smallest absolute Gasteiger partial charge is 0.144 e. The monoisotopic (exact) mass is 175 g/mol. The molecule has 0 aliphatic rings. The summed E-state index contributed by atoms with van der Waals surface area (Å²) in [6.07, 6.45) is 1.74. The van der Waals surface area contributed by atoms with E-state index in [1.807, 2.05) is 34.6 Å². The van der Waals surface area contributed by atoms with Crippen molar-refractivity contribution in [2.45, 2.75) is 39.4 Å². The lowest BCUT2D eigenvalue weighted by Crippen LogP contribution is -2.19. The van der Waals surface area contributed by atoms with Gasteiger partial charge in [0.1, 0.15) is 11.0 Å². The summed E-state index contributed by atoms with van der Waals surface area (Å²) in [5, 5.41) is 0. The van der Waals surface area contributed by atoms with Crippen LogP contribution in [0.1, 0.15) is 34.6 Å². The molecule has 2 nitrogen and oxygen atoms in total. The van der Waals surface area contributed by atoms with Gasteiger partial charge in [-0.3, -0.25) is 0 Å². The van der Waals surface area contributed by atoms with Gasteiger partial charge in [-0.2, -0.15) is 4.40 Å². The zero-order chi connectivity index (χ0) is 9.07. The fourth-order valence-electron chi connectivity index (χ4n) is 0.335. The van der Waals surface area contributed by atoms with E-state index >= 15 is 0 Å². The van der Waals surface area contributed by atoms with E-state index in [0.717, 1.165) is 0 Å². The second-order valence-corrected chi connectivity index (χ2v) is 5.79. The van der Waals surface area contributed by atoms with E-state index in [2.05, 4.69) is 4.40 Å². The van der Waals surface area contributed by atoms with Crippen molar-refractivity contribution < 1.29 is 4.21 Å². The first kappa shape index (κ1) is 10.8. The first-order valence-electron chi connectivity index (χ1n) is 3.80. The average Bonchev–Trinajstić information content (AvgIpc) is 1.80. The molecule has 0 bridgehead atoms. The van der Waals surface area contributed by atoms with Crippen LogP contribution in [0, 0.1) is 5.92 Å². The molecule has 0 rings (SSSR count). The first-order chi connectivity index (χ1) is 4.84. The van der Waals surface area contributed by atoms with Gasteiger partial charge in [0.05, 0.1) is 4.75 Å². The summed E-state index contributed by atoms with van der Waals surface area (Å²) in [6.45, 7) is 9.79. The third-order valence-corrected chi connectivity index (χ3v) is 2.34. The van der Waals surface area contributed by atoms with E-state index in [1.54, 1.807) is 6.21 Å². The molecule has 0 amide bonds. The molecule has 0 aromatic heterocycles. The Morgan fingerprint density at radius 3 is 2.09 bits per heavy atom. The van der Waals surface area contributed by atoms with Crippen molar-refractivity contribution in [1.82, 2.24) is 0 Å². The quantitative estimate of drug-likeness (QED) is 0.591. The Balaban J connectivity index is 4.09. The molecule has 1 unspecified atom stereocenters. The van der Waals surface area contributed by atoms with E-state index in [1.165, 1.54) is 0 Å². The summed E-state index contributed by atoms with van der Waals surface area (Å²) < 4.78 is 15.0. The minimum Gasteiger partial charge on any atom is -0.234 e. The summed E-state index contributed by atoms with van der Waals surface area (Å²) in [7, 11) is -1.09. The van der Waals surface area contributed by atoms with Gasteiger partial charge >= 0.3 is 0 Å². The molecular weight excluding hydrogens is 158 g/mol. The first-order valence-corrected chi connectivity index (χ1v) is 4.91. The number of hydrogen-bond acceptors (Lipinski definition) is 1. The molecule has 0 fully saturated rings. The van der Waals surface area contributed by atoms with Crippen LogP contribution in [0.5, 0.6) is 0 Å². The lowest BCUT2D eigenvalue weighted by atomic mass is 10.3. The van der Waals surface area contributed by atoms with Crippen molar-refractivity contribution in [3.63, 3.8) is 0 Å². The highest BCUT2D eigenvalue weighted by atomic mass is 32.2. The third kappa shape index (κ3) is 5.13. The largest absolute Gasteiger partial charge is 0.234 e. The molecule has 0 aliphatic heterocycles. The Bertz CT molecular complexity index is 167. The Kier molecular flexibility index (Phi) is 3.93. The molecule has 3 heteroatoms. The van der Waals surface area contributed by atoms with Crippen molar-refractivity contribution >= 4 is 17.2 Å². The number of nitrogens with zero attached hydrogens (tertiary/aromatic N) is 1. The van der Waals surface area contributed by atoms with E-state index in [-0.39, 0.29) is 4.75 Å². The normalized spacial score (nSPS) is 16.2. The molecule has 0 aromatic rings. The zero-order valence-corrected chi connectivity index (χ0v) is 8.73. The highest BCUT2D eigenvalue weighted by Gasteiger charge is 2.17. The Morgan fingerprint density at radius 2 is 1.82 bits per heavy atom. The lowest BCUT2D eigenvalue weighted by molar-refractivity contribution is 0.650. The summed E-state index contributed by atoms with van der Waals surface area (Å²) in [4.78, 5) is 0. The predicted molar refractivity (Wildman–Crippen MR) is 51.2 cm³/mol. The molecule has 0 heterocycles. The summed E-state index contributed by atoms with van der Waals surface area (Å²) >= 11 is 0. The van der Waals surface area contributed by atoms with Gasteiger partial charge in [0.15, 0.2) is 0 Å². The van der Waals surface area contributed by atoms with Gasteiger partial charge in [0.25, 0.3) is 0 Å². The van der Waals surface area contributed by atoms with Gasteiger partial charge in [-0.1, -0.05) is 13.8 Å². The van der Waals surface area contributed by atoms with Gasteiger partial charge < -0.3 is 0 Å². The topological polar surface area (TPSA) is 29.4 Å². The molecule has 66 valence electrons. The van der Waals surface area contributed by atoms with Crippen LogP contribution < -0.4 is 0 Å². The molecule has 0 spiro atoms. The Labute approximate surface area is 71.7 Å². The van der Waals surface area contributed by atoms with Gasteiger partial charge in [-0.05, 0) is 26.7 Å². The van der Waals surface area contributed by atoms with Crippen LogP contribution in [0.2, 0.25) is 0 Å². The second kappa shape index (κ2) is 4.00. The number of hydrogen-bond donors (Lipinski definition) is 0. The van der Waals surface area contributed by atoms with Gasteiger partial charge in [0, 0.05) is 6.21 Å². The van der Waals surface area contributed by atoms with Gasteiger partial charge in [-0.15, -0.1) is 0 Å². The van der Waals surface area contributed by atoms with Crippen LogP contribution in [0.4, 0.5) is 0 Å². The van der Waals surface area contributed by atoms with Crippen molar-refractivity contribution in [3.05, 3.63) is 0 Å². The van der Waals surface area contributed by atoms with Crippen LogP contribution >= 0.6 is 0 Å². The zero-order valence-electron chi connectivity index (χ0n) is 7.92. The Hall–Kier alpha value is -0.180. The fraction of sp³-hybridized carbons (Fsp3) is 0.875. The van der Waals surface area contributed by atoms with Gasteiger partial charge in [0.2, 0.25) is 0 Å². The fourth-order valence-corrected chi connectivity index (χ4v) is 1.01. The SMILES string of the molecule is CC(C)C=NS(=O)C(C)(C)C. The standard InChI is InChI=1S/C8H17NOS/c1-7(2)6-9-11(10)8(3,4)5/h6-7H,1-5H3. The van der Waals surface area contributed by atoms with Crippen molar-refractivity contribution in [1.29, 1.82) is 0 Å². The minimum absolute atomic E-state index is 0.231. The van der Waals surface area contributed by atoms with E-state index in [0.29, 0.717) is 5.92 Å². The summed E-state index contributed by atoms with van der Waals surface area (Å²) in [5.74, 6) is 0.376. The number of rotatable bonds is 2. The van der Waals surface area contributed by atoms with E-state index in [9.17, 15) is 4.21 Å². The molecule has 0 aliphatic carbocycles. The van der Waals surface area contributed by atoms with Crippen molar-refractivity contribution in [2.75, 3.05) is 0 Å². The molecule has 1 atom stereocenters. The summed E-state index contributed by atoms with van der Waals surface area (Å²) in [6, 6.07) is 0. The molecule has 0 N–H and O–H groups in total. The van der Waals surface area contributed by atoms with Crippen LogP contribution in [-0.4, -0.2) is 15.2 Å². The highest BCUT2D eigenvalue weighted by molar-refractivity contribution is 7.85. The van der Waals surface area contributed by atoms with Crippen LogP contribution in [-0.2, 0) is 11.0 Å². The summed E-state index contributed by atoms with van der Waals surface area (Å²) in [5.41, 5.74) is 0. The molecule has 11 heavy (non-hydrogen) atoms. The molecular formula is C8H17NOS. The highest BCUT2D eigenvalue weighted by Crippen LogP contribution is 2.11. The van der Waals surface area contributed by atoms with Crippen LogP contribution in [0.25, 0.3) is 0 Å².